The van der Waals surface area contributed by atoms with Crippen LogP contribution >= 0.6 is 0 Å². The Morgan fingerprint density at radius 3 is 2.21 bits per heavy atom. The van der Waals surface area contributed by atoms with Crippen molar-refractivity contribution < 1.29 is 14.3 Å². The third kappa shape index (κ3) is 4.69. The zero-order valence-electron chi connectivity index (χ0n) is 12.7. The highest BCUT2D eigenvalue weighted by Crippen LogP contribution is 2.29. The summed E-state index contributed by atoms with van der Waals surface area (Å²) in [5.74, 6) is 0.804. The highest BCUT2D eigenvalue weighted by Gasteiger charge is 2.28. The van der Waals surface area contributed by atoms with Gasteiger partial charge in [-0.3, -0.25) is 0 Å². The van der Waals surface area contributed by atoms with Gasteiger partial charge in [-0.25, -0.2) is 0 Å². The maximum atomic E-state index is 10.9. The number of allylic oxidation sites excluding steroid dienone is 1. The molecule has 3 heteroatoms. The molecule has 0 fully saturated rings. The average Bonchev–Trinajstić information content (AvgIpc) is 2.36. The lowest BCUT2D eigenvalue weighted by Gasteiger charge is -2.31. The van der Waals surface area contributed by atoms with Crippen LogP contribution in [-0.2, 0) is 5.60 Å². The quantitative estimate of drug-likeness (QED) is 0.632. The number of benzene rings is 1. The number of rotatable bonds is 6. The molecule has 1 unspecified atom stereocenters. The minimum atomic E-state index is -0.910. The van der Waals surface area contributed by atoms with Gasteiger partial charge in [0.2, 0.25) is 0 Å². The molecule has 0 saturated carbocycles. The summed E-state index contributed by atoms with van der Waals surface area (Å²) in [5, 5.41) is 10.9. The van der Waals surface area contributed by atoms with Gasteiger partial charge in [-0.1, -0.05) is 24.3 Å². The van der Waals surface area contributed by atoms with Crippen LogP contribution < -0.4 is 4.74 Å². The molecule has 1 rings (SSSR count). The highest BCUT2D eigenvalue weighted by atomic mass is 16.5. The Balaban J connectivity index is 2.96. The molecule has 19 heavy (non-hydrogen) atoms. The summed E-state index contributed by atoms with van der Waals surface area (Å²) in [6.45, 7) is 2.83. The van der Waals surface area contributed by atoms with Gasteiger partial charge in [0.1, 0.15) is 11.4 Å². The topological polar surface area (TPSA) is 29.5 Å². The van der Waals surface area contributed by atoms with E-state index in [0.29, 0.717) is 6.42 Å². The first-order valence-electron chi connectivity index (χ1n) is 6.62. The summed E-state index contributed by atoms with van der Waals surface area (Å²) < 4.78 is 5.98. The van der Waals surface area contributed by atoms with Crippen LogP contribution in [-0.4, -0.2) is 44.4 Å². The van der Waals surface area contributed by atoms with Gasteiger partial charge >= 0.3 is 0 Å². The molecular weight excluding hydrogens is 238 g/mol. The highest BCUT2D eigenvalue weighted by molar-refractivity contribution is 5.33. The lowest BCUT2D eigenvalue weighted by Crippen LogP contribution is -2.39. The average molecular weight is 264 g/mol. The Bertz CT molecular complexity index is 417. The number of aliphatic hydroxyl groups is 1. The Kier molecular flexibility index (Phi) is 5.15. The monoisotopic (exact) mass is 264 g/mol. The minimum Gasteiger partial charge on any atom is -0.497 e. The molecule has 0 aliphatic heterocycles. The van der Waals surface area contributed by atoms with E-state index >= 15 is 0 Å². The first-order valence-corrected chi connectivity index (χ1v) is 6.62. The summed E-state index contributed by atoms with van der Waals surface area (Å²) in [7, 11) is 8.03. The van der Waals surface area contributed by atoms with Gasteiger partial charge in [-0.05, 0) is 24.6 Å². The molecule has 0 bridgehead atoms. The summed E-state index contributed by atoms with van der Waals surface area (Å²) in [6, 6.07) is 7.62. The second kappa shape index (κ2) is 6.22. The van der Waals surface area contributed by atoms with E-state index in [-0.39, 0.29) is 0 Å². The molecule has 0 radical (unpaired) electrons. The van der Waals surface area contributed by atoms with E-state index in [1.54, 1.807) is 7.11 Å². The maximum absolute atomic E-state index is 10.9. The molecule has 3 nitrogen and oxygen atoms in total. The summed E-state index contributed by atoms with van der Waals surface area (Å²) in [5.41, 5.74) is -0.00753. The SMILES string of the molecule is CC=CC(O)(CC[N+](C)(C)C)c1ccc(OC)cc1. The smallest absolute Gasteiger partial charge is 0.118 e. The van der Waals surface area contributed by atoms with Gasteiger partial charge in [0.15, 0.2) is 0 Å². The molecule has 1 N–H and O–H groups in total. The van der Waals surface area contributed by atoms with Crippen molar-refractivity contribution in [3.63, 3.8) is 0 Å². The van der Waals surface area contributed by atoms with Crippen molar-refractivity contribution in [1.29, 1.82) is 0 Å². The van der Waals surface area contributed by atoms with Crippen LogP contribution in [0.3, 0.4) is 0 Å². The van der Waals surface area contributed by atoms with Crippen LogP contribution in [0.2, 0.25) is 0 Å². The van der Waals surface area contributed by atoms with Gasteiger partial charge in [-0.15, -0.1) is 0 Å². The van der Waals surface area contributed by atoms with Crippen molar-refractivity contribution in [2.75, 3.05) is 34.8 Å². The first-order chi connectivity index (χ1) is 8.80. The van der Waals surface area contributed by atoms with Crippen molar-refractivity contribution >= 4 is 0 Å². The molecule has 0 aliphatic rings. The van der Waals surface area contributed by atoms with Gasteiger partial charge in [-0.2, -0.15) is 0 Å². The second-order valence-electron chi connectivity index (χ2n) is 5.92. The third-order valence-electron chi connectivity index (χ3n) is 3.20. The maximum Gasteiger partial charge on any atom is 0.118 e. The van der Waals surface area contributed by atoms with Crippen LogP contribution in [0.15, 0.2) is 36.4 Å². The molecule has 0 spiro atoms. The van der Waals surface area contributed by atoms with E-state index in [9.17, 15) is 5.11 Å². The van der Waals surface area contributed by atoms with Gasteiger partial charge in [0, 0.05) is 6.42 Å². The van der Waals surface area contributed by atoms with E-state index in [1.165, 1.54) is 0 Å². The predicted octanol–water partition coefficient (Wildman–Crippen LogP) is 2.56. The largest absolute Gasteiger partial charge is 0.497 e. The zero-order valence-corrected chi connectivity index (χ0v) is 12.7. The van der Waals surface area contributed by atoms with Crippen molar-refractivity contribution in [3.8, 4) is 5.75 Å². The second-order valence-corrected chi connectivity index (χ2v) is 5.92. The third-order valence-corrected chi connectivity index (χ3v) is 3.20. The fourth-order valence-corrected chi connectivity index (χ4v) is 1.99. The lowest BCUT2D eigenvalue weighted by molar-refractivity contribution is -0.871. The number of hydrogen-bond acceptors (Lipinski definition) is 2. The van der Waals surface area contributed by atoms with Gasteiger partial charge in [0.25, 0.3) is 0 Å². The summed E-state index contributed by atoms with van der Waals surface area (Å²) >= 11 is 0. The summed E-state index contributed by atoms with van der Waals surface area (Å²) in [4.78, 5) is 0. The molecule has 0 heterocycles. The molecule has 1 aromatic rings. The first kappa shape index (κ1) is 15.7. The van der Waals surface area contributed by atoms with E-state index in [2.05, 4.69) is 21.1 Å². The van der Waals surface area contributed by atoms with Gasteiger partial charge in [0.05, 0.1) is 34.8 Å². The molecule has 106 valence electrons. The van der Waals surface area contributed by atoms with Crippen LogP contribution in [0.5, 0.6) is 5.75 Å². The molecular formula is C16H26NO2+. The number of ether oxygens (including phenoxy) is 1. The van der Waals surface area contributed by atoms with Crippen LogP contribution in [0, 0.1) is 0 Å². The fraction of sp³-hybridized carbons (Fsp3) is 0.500. The Labute approximate surface area is 116 Å². The Hall–Kier alpha value is -1.32. The molecule has 0 aromatic heterocycles. The van der Waals surface area contributed by atoms with Crippen molar-refractivity contribution in [2.24, 2.45) is 0 Å². The van der Waals surface area contributed by atoms with E-state index in [0.717, 1.165) is 22.3 Å². The Morgan fingerprint density at radius 1 is 1.21 bits per heavy atom. The van der Waals surface area contributed by atoms with E-state index in [4.69, 9.17) is 4.74 Å². The minimum absolute atomic E-state index is 0.688. The predicted molar refractivity (Wildman–Crippen MR) is 79.2 cm³/mol. The van der Waals surface area contributed by atoms with E-state index < -0.39 is 5.60 Å². The van der Waals surface area contributed by atoms with Crippen molar-refractivity contribution in [3.05, 3.63) is 42.0 Å². The normalized spacial score (nSPS) is 15.5. The number of quaternary nitrogens is 1. The van der Waals surface area contributed by atoms with Crippen molar-refractivity contribution in [2.45, 2.75) is 18.9 Å². The number of methoxy groups -OCH3 is 1. The van der Waals surface area contributed by atoms with Gasteiger partial charge < -0.3 is 14.3 Å². The molecule has 0 amide bonds. The molecule has 1 aromatic carbocycles. The zero-order chi connectivity index (χ0) is 14.5. The molecule has 0 saturated heterocycles. The van der Waals surface area contributed by atoms with E-state index in [1.807, 2.05) is 43.3 Å². The summed E-state index contributed by atoms with van der Waals surface area (Å²) in [6.07, 6.45) is 4.46. The Morgan fingerprint density at radius 2 is 1.79 bits per heavy atom. The number of nitrogens with zero attached hydrogens (tertiary/aromatic N) is 1. The van der Waals surface area contributed by atoms with Crippen LogP contribution in [0.4, 0.5) is 0 Å². The molecule has 0 aliphatic carbocycles. The standard InChI is InChI=1S/C16H26NO2/c1-6-11-16(18,12-13-17(2,3)4)14-7-9-15(19-5)10-8-14/h6-11,18H,12-13H2,1-5H3/q+1. The molecule has 1 atom stereocenters. The fourth-order valence-electron chi connectivity index (χ4n) is 1.99. The van der Waals surface area contributed by atoms with Crippen LogP contribution in [0.25, 0.3) is 0 Å². The van der Waals surface area contributed by atoms with Crippen LogP contribution in [0.1, 0.15) is 18.9 Å². The van der Waals surface area contributed by atoms with Crippen molar-refractivity contribution in [1.82, 2.24) is 0 Å². The lowest BCUT2D eigenvalue weighted by atomic mass is 9.89. The number of hydrogen-bond donors (Lipinski definition) is 1.